The number of carbonyl (C=O) groups is 4. The second kappa shape index (κ2) is 24.5. The van der Waals surface area contributed by atoms with Gasteiger partial charge < -0.3 is 33.5 Å². The van der Waals surface area contributed by atoms with Crippen molar-refractivity contribution in [1.29, 1.82) is 0 Å². The van der Waals surface area contributed by atoms with Crippen LogP contribution in [-0.2, 0) is 54.2 Å². The first kappa shape index (κ1) is 41.1. The number of benzene rings is 1. The van der Waals surface area contributed by atoms with Crippen LogP contribution >= 0.6 is 0 Å². The normalized spacial score (nSPS) is 12.9. The second-order valence-electron chi connectivity index (χ2n) is 9.02. The summed E-state index contributed by atoms with van der Waals surface area (Å²) in [7, 11) is 0. The van der Waals surface area contributed by atoms with Crippen LogP contribution in [0.5, 0.6) is 0 Å². The Morgan fingerprint density at radius 3 is 1.72 bits per heavy atom. The summed E-state index contributed by atoms with van der Waals surface area (Å²) in [6, 6.07) is 9.55. The number of hydrogen-bond acceptors (Lipinski definition) is 11. The minimum absolute atomic E-state index is 0.0473. The van der Waals surface area contributed by atoms with Crippen LogP contribution in [0.4, 0.5) is 0 Å². The number of epoxide rings is 1. The SMILES string of the molecule is C=C(C)C(=O)OC(C)OCC.C=C(C)C(=O)OCC1CO1.C=C(C)C(=O)OCCO.C=C(C)C(=O)OCc1ccccc1. The molecule has 0 radical (unpaired) electrons. The second-order valence-corrected chi connectivity index (χ2v) is 9.02. The summed E-state index contributed by atoms with van der Waals surface area (Å²) in [5.74, 6) is -1.55. The van der Waals surface area contributed by atoms with Gasteiger partial charge in [-0.15, -0.1) is 0 Å². The number of hydrogen-bond donors (Lipinski definition) is 1. The predicted octanol–water partition coefficient (Wildman–Crippen LogP) is 4.40. The van der Waals surface area contributed by atoms with E-state index in [1.807, 2.05) is 37.3 Å². The van der Waals surface area contributed by atoms with Crippen molar-refractivity contribution in [3.8, 4) is 0 Å². The van der Waals surface area contributed by atoms with E-state index in [0.29, 0.717) is 48.7 Å². The Kier molecular flexibility index (Phi) is 23.4. The lowest BCUT2D eigenvalue weighted by Gasteiger charge is -2.11. The first-order valence-electron chi connectivity index (χ1n) is 13.4. The maximum absolute atomic E-state index is 11.0. The van der Waals surface area contributed by atoms with Crippen LogP contribution in [0.3, 0.4) is 0 Å². The first-order chi connectivity index (χ1) is 20.2. The Morgan fingerprint density at radius 2 is 1.30 bits per heavy atom. The summed E-state index contributed by atoms with van der Waals surface area (Å²) in [5.41, 5.74) is 2.58. The number of ether oxygens (including phenoxy) is 6. The van der Waals surface area contributed by atoms with Crippen molar-refractivity contribution in [2.75, 3.05) is 33.0 Å². The third-order valence-electron chi connectivity index (χ3n) is 4.41. The van der Waals surface area contributed by atoms with Gasteiger partial charge in [0.15, 0.2) is 6.29 Å². The molecule has 11 nitrogen and oxygen atoms in total. The number of rotatable bonds is 13. The Hall–Kier alpha value is -4.06. The van der Waals surface area contributed by atoms with Gasteiger partial charge in [0, 0.05) is 28.9 Å². The van der Waals surface area contributed by atoms with Crippen molar-refractivity contribution in [2.24, 2.45) is 0 Å². The molecule has 1 aliphatic heterocycles. The molecule has 1 heterocycles. The lowest BCUT2D eigenvalue weighted by atomic mass is 10.2. The molecule has 1 N–H and O–H groups in total. The van der Waals surface area contributed by atoms with E-state index in [4.69, 9.17) is 28.8 Å². The zero-order valence-corrected chi connectivity index (χ0v) is 26.1. The Bertz CT molecular complexity index is 1060. The zero-order chi connectivity index (χ0) is 33.4. The molecule has 240 valence electrons. The quantitative estimate of drug-likeness (QED) is 0.112. The van der Waals surface area contributed by atoms with Crippen molar-refractivity contribution in [1.82, 2.24) is 0 Å². The Balaban J connectivity index is 0. The highest BCUT2D eigenvalue weighted by atomic mass is 16.7. The molecule has 1 aromatic rings. The standard InChI is InChI=1S/C11H12O2.C8H14O3.C7H10O3.C6H10O3/c1-9(2)11(12)13-8-10-6-4-3-5-7-10;1-5-10-7(4)11-8(9)6(2)3;1-5(2)7(8)10-4-6-3-9-6;1-5(2)6(8)9-4-3-7/h3-7H,1,8H2,2H3;7H,2,5H2,1,3-4H3;6H,1,3-4H2,2H3;7H,1,3-4H2,2H3. The fourth-order valence-corrected chi connectivity index (χ4v) is 2.08. The van der Waals surface area contributed by atoms with Gasteiger partial charge in [-0.3, -0.25) is 0 Å². The van der Waals surface area contributed by atoms with Crippen LogP contribution in [0.2, 0.25) is 0 Å². The summed E-state index contributed by atoms with van der Waals surface area (Å²) in [6.07, 6.45) is -0.340. The van der Waals surface area contributed by atoms with Gasteiger partial charge in [-0.05, 0) is 47.1 Å². The van der Waals surface area contributed by atoms with Crippen molar-refractivity contribution >= 4 is 23.9 Å². The summed E-state index contributed by atoms with van der Waals surface area (Å²) in [6.45, 7) is 25.5. The lowest BCUT2D eigenvalue weighted by Crippen LogP contribution is -2.18. The van der Waals surface area contributed by atoms with Crippen LogP contribution in [0.25, 0.3) is 0 Å². The molecule has 0 aliphatic carbocycles. The maximum Gasteiger partial charge on any atom is 0.335 e. The number of carbonyl (C=O) groups excluding carboxylic acids is 4. The molecule has 1 saturated heterocycles. The largest absolute Gasteiger partial charge is 0.460 e. The van der Waals surface area contributed by atoms with Gasteiger partial charge in [-0.1, -0.05) is 56.6 Å². The Labute approximate surface area is 254 Å². The molecule has 0 saturated carbocycles. The highest BCUT2D eigenvalue weighted by molar-refractivity contribution is 5.88. The van der Waals surface area contributed by atoms with Crippen LogP contribution in [0.1, 0.15) is 47.1 Å². The van der Waals surface area contributed by atoms with E-state index in [0.717, 1.165) is 5.56 Å². The third-order valence-corrected chi connectivity index (χ3v) is 4.41. The smallest absolute Gasteiger partial charge is 0.335 e. The van der Waals surface area contributed by atoms with Crippen molar-refractivity contribution < 1.29 is 52.7 Å². The maximum atomic E-state index is 11.0. The fraction of sp³-hybridized carbons (Fsp3) is 0.438. The van der Waals surface area contributed by atoms with Gasteiger partial charge >= 0.3 is 23.9 Å². The van der Waals surface area contributed by atoms with E-state index >= 15 is 0 Å². The average Bonchev–Trinajstić information content (AvgIpc) is 3.79. The van der Waals surface area contributed by atoms with Gasteiger partial charge in [-0.2, -0.15) is 0 Å². The molecular formula is C32H46O11. The van der Waals surface area contributed by atoms with E-state index in [-0.39, 0.29) is 31.3 Å². The third kappa shape index (κ3) is 25.4. The molecule has 1 aliphatic rings. The lowest BCUT2D eigenvalue weighted by molar-refractivity contribution is -0.169. The fourth-order valence-electron chi connectivity index (χ4n) is 2.08. The molecule has 11 heteroatoms. The number of esters is 4. The first-order valence-corrected chi connectivity index (χ1v) is 13.4. The monoisotopic (exact) mass is 606 g/mol. The molecular weight excluding hydrogens is 560 g/mol. The van der Waals surface area contributed by atoms with Gasteiger partial charge in [-0.25, -0.2) is 19.2 Å². The van der Waals surface area contributed by atoms with Gasteiger partial charge in [0.25, 0.3) is 0 Å². The molecule has 1 aromatic carbocycles. The average molecular weight is 607 g/mol. The van der Waals surface area contributed by atoms with Crippen LogP contribution in [-0.4, -0.2) is 74.4 Å². The number of aliphatic hydroxyl groups excluding tert-OH is 1. The van der Waals surface area contributed by atoms with E-state index < -0.39 is 18.2 Å². The summed E-state index contributed by atoms with van der Waals surface area (Å²) < 4.78 is 28.8. The summed E-state index contributed by atoms with van der Waals surface area (Å²) in [5, 5.41) is 8.19. The number of aliphatic hydroxyl groups is 1. The van der Waals surface area contributed by atoms with Gasteiger partial charge in [0.05, 0.1) is 13.2 Å². The van der Waals surface area contributed by atoms with Crippen molar-refractivity contribution in [3.05, 3.63) is 84.5 Å². The molecule has 2 atom stereocenters. The van der Waals surface area contributed by atoms with Gasteiger partial charge in [0.2, 0.25) is 0 Å². The highest BCUT2D eigenvalue weighted by Gasteiger charge is 2.24. The molecule has 0 bridgehead atoms. The highest BCUT2D eigenvalue weighted by Crippen LogP contribution is 2.09. The van der Waals surface area contributed by atoms with Gasteiger partial charge in [0.1, 0.15) is 25.9 Å². The van der Waals surface area contributed by atoms with Crippen molar-refractivity contribution in [2.45, 2.75) is 60.5 Å². The van der Waals surface area contributed by atoms with Crippen LogP contribution in [0.15, 0.2) is 78.9 Å². The summed E-state index contributed by atoms with van der Waals surface area (Å²) >= 11 is 0. The molecule has 0 amide bonds. The molecule has 0 spiro atoms. The summed E-state index contributed by atoms with van der Waals surface area (Å²) in [4.78, 5) is 43.0. The molecule has 0 aromatic heterocycles. The topological polar surface area (TPSA) is 147 Å². The van der Waals surface area contributed by atoms with Crippen molar-refractivity contribution in [3.63, 3.8) is 0 Å². The van der Waals surface area contributed by atoms with Crippen LogP contribution in [0, 0.1) is 0 Å². The minimum Gasteiger partial charge on any atom is -0.460 e. The van der Waals surface area contributed by atoms with E-state index in [1.165, 1.54) is 0 Å². The van der Waals surface area contributed by atoms with E-state index in [2.05, 4.69) is 31.1 Å². The zero-order valence-electron chi connectivity index (χ0n) is 26.1. The molecule has 1 fully saturated rings. The minimum atomic E-state index is -0.482. The predicted molar refractivity (Wildman–Crippen MR) is 161 cm³/mol. The molecule has 43 heavy (non-hydrogen) atoms. The van der Waals surface area contributed by atoms with E-state index in [9.17, 15) is 19.2 Å². The Morgan fingerprint density at radius 1 is 0.837 bits per heavy atom. The van der Waals surface area contributed by atoms with Crippen LogP contribution < -0.4 is 0 Å². The molecule has 2 rings (SSSR count). The van der Waals surface area contributed by atoms with E-state index in [1.54, 1.807) is 34.6 Å². The molecule has 2 unspecified atom stereocenters.